The highest BCUT2D eigenvalue weighted by molar-refractivity contribution is 6.12. The van der Waals surface area contributed by atoms with Crippen molar-refractivity contribution in [3.8, 4) is 11.5 Å². The van der Waals surface area contributed by atoms with Crippen molar-refractivity contribution >= 4 is 30.0 Å². The number of Topliss-reactive ketones (excluding diaryl/α,β-unsaturated/α-hetero) is 1. The first-order chi connectivity index (χ1) is 9.58. The van der Waals surface area contributed by atoms with Gasteiger partial charge in [-0.3, -0.25) is 9.79 Å². The van der Waals surface area contributed by atoms with Crippen molar-refractivity contribution in [2.24, 2.45) is 10.9 Å². The first-order valence-electron chi connectivity index (χ1n) is 5.99. The van der Waals surface area contributed by atoms with Gasteiger partial charge < -0.3 is 15.3 Å². The molecular formula is C15H12ClNO4. The number of fused-ring (bicyclic) bond motifs is 1. The van der Waals surface area contributed by atoms with Crippen LogP contribution in [0.4, 0.5) is 0 Å². The van der Waals surface area contributed by atoms with Gasteiger partial charge in [-0.25, -0.2) is 0 Å². The highest BCUT2D eigenvalue weighted by Crippen LogP contribution is 2.37. The van der Waals surface area contributed by atoms with Gasteiger partial charge >= 0.3 is 0 Å². The van der Waals surface area contributed by atoms with E-state index < -0.39 is 11.7 Å². The molecule has 3 N–H and O–H groups in total. The lowest BCUT2D eigenvalue weighted by molar-refractivity contribution is -0.118. The maximum Gasteiger partial charge on any atom is 0.209 e. The van der Waals surface area contributed by atoms with Gasteiger partial charge in [0, 0.05) is 18.0 Å². The molecule has 1 aliphatic carbocycles. The number of allylic oxidation sites excluding steroid dienone is 5. The summed E-state index contributed by atoms with van der Waals surface area (Å²) in [6.07, 6.45) is 6.06. The van der Waals surface area contributed by atoms with E-state index in [-0.39, 0.29) is 29.7 Å². The number of ketones is 1. The van der Waals surface area contributed by atoms with Crippen molar-refractivity contribution in [1.29, 1.82) is 0 Å². The number of aromatic hydroxyl groups is 2. The number of nitrogens with zero attached hydrogens (tertiary/aromatic N) is 1. The highest BCUT2D eigenvalue weighted by Gasteiger charge is 2.31. The van der Waals surface area contributed by atoms with Crippen molar-refractivity contribution in [2.45, 2.75) is 0 Å². The van der Waals surface area contributed by atoms with Gasteiger partial charge in [-0.05, 0) is 29.3 Å². The number of carbonyl (C=O) groups is 1. The number of aliphatic hydroxyl groups excluding tert-OH is 1. The number of phenolic OH excluding ortho intramolecular Hbond substituents is 2. The zero-order valence-electron chi connectivity index (χ0n) is 10.7. The lowest BCUT2D eigenvalue weighted by Crippen LogP contribution is -2.25. The number of benzene rings is 1. The number of aliphatic imine (C=N–C) groups is 1. The molecule has 0 amide bonds. The molecule has 0 radical (unpaired) electrons. The molecule has 1 unspecified atom stereocenters. The van der Waals surface area contributed by atoms with Crippen LogP contribution in [0.5, 0.6) is 11.5 Å². The Balaban J connectivity index is 0.00000161. The van der Waals surface area contributed by atoms with Crippen LogP contribution in [0.25, 0.3) is 5.57 Å². The molecule has 0 saturated heterocycles. The second kappa shape index (κ2) is 5.46. The van der Waals surface area contributed by atoms with Crippen molar-refractivity contribution in [2.75, 3.05) is 0 Å². The summed E-state index contributed by atoms with van der Waals surface area (Å²) in [4.78, 5) is 15.9. The number of hydrogen-bond acceptors (Lipinski definition) is 5. The minimum Gasteiger partial charge on any atom is -0.504 e. The highest BCUT2D eigenvalue weighted by atomic mass is 35.5. The largest absolute Gasteiger partial charge is 0.504 e. The van der Waals surface area contributed by atoms with Gasteiger partial charge in [0.1, 0.15) is 0 Å². The average Bonchev–Trinajstić information content (AvgIpc) is 2.45. The third-order valence-corrected chi connectivity index (χ3v) is 3.33. The van der Waals surface area contributed by atoms with Gasteiger partial charge in [-0.15, -0.1) is 12.4 Å². The molecule has 0 spiro atoms. The Kier molecular flexibility index (Phi) is 3.86. The molecule has 2 aliphatic rings. The first kappa shape index (κ1) is 14.9. The molecule has 1 atom stereocenters. The summed E-state index contributed by atoms with van der Waals surface area (Å²) in [5.74, 6) is -1.76. The van der Waals surface area contributed by atoms with Crippen molar-refractivity contribution in [3.63, 3.8) is 0 Å². The predicted molar refractivity (Wildman–Crippen MR) is 80.8 cm³/mol. The van der Waals surface area contributed by atoms with Gasteiger partial charge in [0.25, 0.3) is 0 Å². The van der Waals surface area contributed by atoms with E-state index in [9.17, 15) is 20.1 Å². The fraction of sp³-hybridized carbons (Fsp3) is 0.0667. The van der Waals surface area contributed by atoms with E-state index >= 15 is 0 Å². The summed E-state index contributed by atoms with van der Waals surface area (Å²) in [7, 11) is 0. The van der Waals surface area contributed by atoms with E-state index in [1.165, 1.54) is 24.4 Å². The number of phenols is 2. The quantitative estimate of drug-likeness (QED) is 0.695. The summed E-state index contributed by atoms with van der Waals surface area (Å²) in [6, 6.07) is 4.40. The fourth-order valence-corrected chi connectivity index (χ4v) is 2.27. The molecule has 1 aromatic carbocycles. The van der Waals surface area contributed by atoms with Crippen LogP contribution in [0.2, 0.25) is 0 Å². The molecule has 108 valence electrons. The van der Waals surface area contributed by atoms with Crippen LogP contribution in [0.3, 0.4) is 0 Å². The maximum atomic E-state index is 11.9. The van der Waals surface area contributed by atoms with Crippen LogP contribution in [0.15, 0.2) is 52.9 Å². The van der Waals surface area contributed by atoms with Crippen LogP contribution >= 0.6 is 12.4 Å². The van der Waals surface area contributed by atoms with E-state index in [4.69, 9.17) is 0 Å². The molecular weight excluding hydrogens is 294 g/mol. The number of hydrogen-bond donors (Lipinski definition) is 3. The molecule has 1 aliphatic heterocycles. The van der Waals surface area contributed by atoms with Crippen LogP contribution in [0.1, 0.15) is 5.56 Å². The maximum absolute atomic E-state index is 11.9. The molecule has 1 aromatic rings. The molecule has 1 heterocycles. The average molecular weight is 306 g/mol. The Bertz CT molecular complexity index is 731. The van der Waals surface area contributed by atoms with Gasteiger partial charge in [0.15, 0.2) is 17.3 Å². The number of aliphatic hydroxyl groups is 1. The minimum absolute atomic E-state index is 0. The molecule has 0 bridgehead atoms. The second-order valence-corrected chi connectivity index (χ2v) is 4.56. The number of carbonyl (C=O) groups excluding carboxylic acids is 1. The summed E-state index contributed by atoms with van der Waals surface area (Å²) < 4.78 is 0. The first-order valence-corrected chi connectivity index (χ1v) is 5.99. The SMILES string of the molecule is Cl.O=C1C(O)=CC=C2C(c3ccc(O)c(O)c3)=CN=CC12. The molecule has 0 aromatic heterocycles. The van der Waals surface area contributed by atoms with E-state index in [2.05, 4.69) is 4.99 Å². The predicted octanol–water partition coefficient (Wildman–Crippen LogP) is 2.51. The van der Waals surface area contributed by atoms with E-state index in [0.717, 1.165) is 0 Å². The lowest BCUT2D eigenvalue weighted by atomic mass is 9.82. The molecule has 0 fully saturated rings. The zero-order valence-corrected chi connectivity index (χ0v) is 11.5. The van der Waals surface area contributed by atoms with E-state index in [1.54, 1.807) is 18.3 Å². The summed E-state index contributed by atoms with van der Waals surface area (Å²) in [5.41, 5.74) is 2.01. The lowest BCUT2D eigenvalue weighted by Gasteiger charge is -2.23. The smallest absolute Gasteiger partial charge is 0.209 e. The molecule has 6 heteroatoms. The second-order valence-electron chi connectivity index (χ2n) is 4.56. The molecule has 21 heavy (non-hydrogen) atoms. The van der Waals surface area contributed by atoms with E-state index in [0.29, 0.717) is 16.7 Å². The van der Waals surface area contributed by atoms with E-state index in [1.807, 2.05) is 0 Å². The van der Waals surface area contributed by atoms with Crippen molar-refractivity contribution in [3.05, 3.63) is 53.4 Å². The van der Waals surface area contributed by atoms with Gasteiger partial charge in [-0.1, -0.05) is 12.1 Å². The Morgan fingerprint density at radius 1 is 1.05 bits per heavy atom. The minimum atomic E-state index is -0.615. The van der Waals surface area contributed by atoms with Crippen LogP contribution in [-0.4, -0.2) is 27.3 Å². The zero-order chi connectivity index (χ0) is 14.3. The van der Waals surface area contributed by atoms with Crippen LogP contribution in [0, 0.1) is 5.92 Å². The number of halogens is 1. The molecule has 0 saturated carbocycles. The molecule has 3 rings (SSSR count). The third-order valence-electron chi connectivity index (χ3n) is 3.33. The van der Waals surface area contributed by atoms with Crippen molar-refractivity contribution in [1.82, 2.24) is 0 Å². The summed E-state index contributed by atoms with van der Waals surface area (Å²) >= 11 is 0. The van der Waals surface area contributed by atoms with Crippen LogP contribution in [-0.2, 0) is 4.79 Å². The topological polar surface area (TPSA) is 90.1 Å². The van der Waals surface area contributed by atoms with Crippen molar-refractivity contribution < 1.29 is 20.1 Å². The Labute approximate surface area is 126 Å². The van der Waals surface area contributed by atoms with Gasteiger partial charge in [-0.2, -0.15) is 0 Å². The summed E-state index contributed by atoms with van der Waals surface area (Å²) in [5, 5.41) is 28.4. The fourth-order valence-electron chi connectivity index (χ4n) is 2.27. The molecule has 5 nitrogen and oxygen atoms in total. The third kappa shape index (κ3) is 2.43. The van der Waals surface area contributed by atoms with Gasteiger partial charge in [0.05, 0.1) is 5.92 Å². The Morgan fingerprint density at radius 3 is 2.52 bits per heavy atom. The normalized spacial score (nSPS) is 19.9. The standard InChI is InChI=1S/C15H11NO4.ClH/c17-12-3-1-8(5-14(12)19)10-6-16-7-11-9(10)2-4-13(18)15(11)20;/h1-7,11,17-19H;1H. The Morgan fingerprint density at radius 2 is 1.81 bits per heavy atom. The Hall–Kier alpha value is -2.53. The van der Waals surface area contributed by atoms with Crippen LogP contribution < -0.4 is 0 Å². The number of rotatable bonds is 1. The summed E-state index contributed by atoms with van der Waals surface area (Å²) in [6.45, 7) is 0. The monoisotopic (exact) mass is 305 g/mol. The van der Waals surface area contributed by atoms with Gasteiger partial charge in [0.2, 0.25) is 5.78 Å².